The molecule has 2 aromatic rings. The van der Waals surface area contributed by atoms with E-state index in [0.717, 1.165) is 29.1 Å². The third kappa shape index (κ3) is 3.19. The van der Waals surface area contributed by atoms with Gasteiger partial charge in [0.1, 0.15) is 10.5 Å². The quantitative estimate of drug-likeness (QED) is 0.880. The number of carbonyl (C=O) groups is 2. The summed E-state index contributed by atoms with van der Waals surface area (Å²) in [6.07, 6.45) is 1.91. The van der Waals surface area contributed by atoms with Crippen LogP contribution in [0.4, 0.5) is 4.79 Å². The number of aryl methyl sites for hydroxylation is 1. The molecule has 3 heterocycles. The highest BCUT2D eigenvalue weighted by atomic mass is 32.1. The maximum Gasteiger partial charge on any atom is 0.407 e. The third-order valence-electron chi connectivity index (χ3n) is 5.02. The number of rotatable bonds is 2. The van der Waals surface area contributed by atoms with Crippen molar-refractivity contribution in [1.82, 2.24) is 15.2 Å². The maximum atomic E-state index is 13.2. The lowest BCUT2D eigenvalue weighted by molar-refractivity contribution is 0.0439. The largest absolute Gasteiger partial charge is 0.441 e. The first-order valence-electron chi connectivity index (χ1n) is 8.85. The van der Waals surface area contributed by atoms with Crippen molar-refractivity contribution in [2.75, 3.05) is 19.6 Å². The van der Waals surface area contributed by atoms with Crippen LogP contribution in [-0.4, -0.2) is 47.1 Å². The van der Waals surface area contributed by atoms with E-state index in [1.165, 1.54) is 11.3 Å². The molecular formula is C19H21N3O3S. The van der Waals surface area contributed by atoms with Crippen molar-refractivity contribution in [2.24, 2.45) is 0 Å². The molecule has 1 spiro atoms. The number of nitrogens with zero attached hydrogens (tertiary/aromatic N) is 2. The monoisotopic (exact) mass is 371 g/mol. The second kappa shape index (κ2) is 6.72. The lowest BCUT2D eigenvalue weighted by atomic mass is 9.95. The summed E-state index contributed by atoms with van der Waals surface area (Å²) in [7, 11) is 0. The van der Waals surface area contributed by atoms with E-state index in [4.69, 9.17) is 4.74 Å². The molecule has 136 valence electrons. The Hall–Kier alpha value is -2.41. The van der Waals surface area contributed by atoms with Crippen LogP contribution in [-0.2, 0) is 4.74 Å². The van der Waals surface area contributed by atoms with Gasteiger partial charge in [-0.15, -0.1) is 11.3 Å². The number of hydrogen-bond donors (Lipinski definition) is 1. The second-order valence-electron chi connectivity index (χ2n) is 6.85. The summed E-state index contributed by atoms with van der Waals surface area (Å²) in [6.45, 7) is 3.71. The van der Waals surface area contributed by atoms with Gasteiger partial charge in [0.2, 0.25) is 0 Å². The van der Waals surface area contributed by atoms with E-state index in [1.54, 1.807) is 0 Å². The predicted molar refractivity (Wildman–Crippen MR) is 99.3 cm³/mol. The van der Waals surface area contributed by atoms with Crippen molar-refractivity contribution in [2.45, 2.75) is 31.8 Å². The van der Waals surface area contributed by atoms with E-state index in [0.29, 0.717) is 30.9 Å². The molecular weight excluding hydrogens is 350 g/mol. The van der Waals surface area contributed by atoms with Crippen molar-refractivity contribution in [3.05, 3.63) is 40.2 Å². The highest BCUT2D eigenvalue weighted by Crippen LogP contribution is 2.32. The number of thiazole rings is 1. The molecule has 0 unspecified atom stereocenters. The van der Waals surface area contributed by atoms with Crippen LogP contribution in [0, 0.1) is 6.92 Å². The number of nitrogens with one attached hydrogen (secondary N) is 1. The zero-order valence-electron chi connectivity index (χ0n) is 14.7. The number of amides is 2. The molecule has 4 rings (SSSR count). The van der Waals surface area contributed by atoms with Gasteiger partial charge in [-0.2, -0.15) is 0 Å². The molecule has 2 fully saturated rings. The Bertz CT molecular complexity index is 836. The van der Waals surface area contributed by atoms with E-state index in [-0.39, 0.29) is 12.0 Å². The molecule has 2 amide bonds. The first-order chi connectivity index (χ1) is 12.6. The van der Waals surface area contributed by atoms with Crippen LogP contribution in [0.2, 0.25) is 0 Å². The van der Waals surface area contributed by atoms with Gasteiger partial charge in [0.15, 0.2) is 0 Å². The summed E-state index contributed by atoms with van der Waals surface area (Å²) in [5, 5.41) is 3.63. The third-order valence-corrected chi connectivity index (χ3v) is 5.98. The first kappa shape index (κ1) is 17.0. The minimum Gasteiger partial charge on any atom is -0.441 e. The fraction of sp³-hybridized carbons (Fsp3) is 0.421. The molecule has 2 saturated heterocycles. The average Bonchev–Trinajstić information content (AvgIpc) is 3.14. The number of alkyl carbamates (subject to hydrolysis) is 1. The van der Waals surface area contributed by atoms with Crippen molar-refractivity contribution >= 4 is 23.3 Å². The van der Waals surface area contributed by atoms with Crippen molar-refractivity contribution in [3.63, 3.8) is 0 Å². The Balaban J connectivity index is 1.56. The number of likely N-dealkylation sites (tertiary alicyclic amines) is 1. The topological polar surface area (TPSA) is 71.5 Å². The zero-order valence-corrected chi connectivity index (χ0v) is 15.5. The number of ether oxygens (including phenoxy) is 1. The zero-order chi connectivity index (χ0) is 18.1. The average molecular weight is 371 g/mol. The minimum atomic E-state index is -0.460. The Kier molecular flexibility index (Phi) is 4.40. The van der Waals surface area contributed by atoms with Gasteiger partial charge in [-0.3, -0.25) is 4.79 Å². The summed E-state index contributed by atoms with van der Waals surface area (Å²) in [5.41, 5.74) is 1.25. The van der Waals surface area contributed by atoms with Crippen molar-refractivity contribution in [3.8, 4) is 11.3 Å². The molecule has 2 aliphatic heterocycles. The smallest absolute Gasteiger partial charge is 0.407 e. The highest BCUT2D eigenvalue weighted by molar-refractivity contribution is 7.14. The Labute approximate surface area is 156 Å². The van der Waals surface area contributed by atoms with E-state index in [9.17, 15) is 9.59 Å². The molecule has 1 aromatic heterocycles. The van der Waals surface area contributed by atoms with Gasteiger partial charge < -0.3 is 15.0 Å². The SMILES string of the molecule is Cc1nc(-c2ccccc2)c(C(=O)N2CCC[C@@]3(CC2)CNC(=O)O3)s1. The van der Waals surface area contributed by atoms with Gasteiger partial charge >= 0.3 is 6.09 Å². The molecule has 0 radical (unpaired) electrons. The van der Waals surface area contributed by atoms with E-state index in [2.05, 4.69) is 10.3 Å². The van der Waals surface area contributed by atoms with E-state index in [1.807, 2.05) is 42.2 Å². The molecule has 1 atom stereocenters. The molecule has 6 nitrogen and oxygen atoms in total. The van der Waals surface area contributed by atoms with Gasteiger partial charge in [-0.05, 0) is 19.8 Å². The van der Waals surface area contributed by atoms with Crippen LogP contribution in [0.25, 0.3) is 11.3 Å². The predicted octanol–water partition coefficient (Wildman–Crippen LogP) is 3.22. The van der Waals surface area contributed by atoms with Gasteiger partial charge in [-0.1, -0.05) is 30.3 Å². The van der Waals surface area contributed by atoms with Gasteiger partial charge in [0, 0.05) is 25.1 Å². The molecule has 7 heteroatoms. The molecule has 0 aliphatic carbocycles. The van der Waals surface area contributed by atoms with Gasteiger partial charge in [0.05, 0.1) is 17.2 Å². The normalized spacial score (nSPS) is 22.8. The molecule has 1 N–H and O–H groups in total. The highest BCUT2D eigenvalue weighted by Gasteiger charge is 2.42. The number of carbonyl (C=O) groups excluding carboxylic acids is 2. The minimum absolute atomic E-state index is 0.0174. The summed E-state index contributed by atoms with van der Waals surface area (Å²) in [6, 6.07) is 9.82. The van der Waals surface area contributed by atoms with E-state index < -0.39 is 5.60 Å². The first-order valence-corrected chi connectivity index (χ1v) is 9.67. The summed E-state index contributed by atoms with van der Waals surface area (Å²) >= 11 is 1.44. The Morgan fingerprint density at radius 1 is 1.27 bits per heavy atom. The Morgan fingerprint density at radius 2 is 2.08 bits per heavy atom. The summed E-state index contributed by atoms with van der Waals surface area (Å²) < 4.78 is 5.50. The van der Waals surface area contributed by atoms with Gasteiger partial charge in [-0.25, -0.2) is 9.78 Å². The van der Waals surface area contributed by atoms with Crippen LogP contribution >= 0.6 is 11.3 Å². The second-order valence-corrected chi connectivity index (χ2v) is 8.05. The molecule has 1 aromatic carbocycles. The summed E-state index contributed by atoms with van der Waals surface area (Å²) in [5.74, 6) is 0.0174. The van der Waals surface area contributed by atoms with Crippen LogP contribution in [0.3, 0.4) is 0 Å². The number of aromatic nitrogens is 1. The molecule has 0 bridgehead atoms. The fourth-order valence-electron chi connectivity index (χ4n) is 3.66. The van der Waals surface area contributed by atoms with Crippen LogP contribution in [0.15, 0.2) is 30.3 Å². The lowest BCUT2D eigenvalue weighted by Gasteiger charge is -2.24. The van der Waals surface area contributed by atoms with E-state index >= 15 is 0 Å². The number of hydrogen-bond acceptors (Lipinski definition) is 5. The van der Waals surface area contributed by atoms with Crippen LogP contribution in [0.5, 0.6) is 0 Å². The fourth-order valence-corrected chi connectivity index (χ4v) is 4.57. The Morgan fingerprint density at radius 3 is 2.81 bits per heavy atom. The van der Waals surface area contributed by atoms with Crippen molar-refractivity contribution < 1.29 is 14.3 Å². The van der Waals surface area contributed by atoms with Crippen molar-refractivity contribution in [1.29, 1.82) is 0 Å². The standard InChI is InChI=1S/C19H21N3O3S/c1-13-21-15(14-6-3-2-4-7-14)16(26-13)17(23)22-10-5-8-19(9-11-22)12-20-18(24)25-19/h2-4,6-7H,5,8-12H2,1H3,(H,20,24)/t19-/m1/s1. The van der Waals surface area contributed by atoms with Gasteiger partial charge in [0.25, 0.3) is 5.91 Å². The van der Waals surface area contributed by atoms with Crippen LogP contribution < -0.4 is 5.32 Å². The molecule has 2 aliphatic rings. The molecule has 0 saturated carbocycles. The molecule has 26 heavy (non-hydrogen) atoms. The van der Waals surface area contributed by atoms with Crippen LogP contribution in [0.1, 0.15) is 33.9 Å². The lowest BCUT2D eigenvalue weighted by Crippen LogP contribution is -2.36. The number of benzene rings is 1. The maximum absolute atomic E-state index is 13.2. The summed E-state index contributed by atoms with van der Waals surface area (Å²) in [4.78, 5) is 31.8.